The van der Waals surface area contributed by atoms with Crippen molar-refractivity contribution in [2.75, 3.05) is 26.0 Å². The van der Waals surface area contributed by atoms with Gasteiger partial charge >= 0.3 is 0 Å². The lowest BCUT2D eigenvalue weighted by molar-refractivity contribution is -0.885. The summed E-state index contributed by atoms with van der Waals surface area (Å²) in [5.41, 5.74) is 1.11. The molecule has 0 aliphatic heterocycles. The van der Waals surface area contributed by atoms with Gasteiger partial charge in [0.15, 0.2) is 6.54 Å². The number of halogens is 2. The number of benzene rings is 2. The standard InChI is InChI=1S/C17H18ClFN2O2/c1-21(10-14-15(18)4-3-5-16(14)19)11-17(22)20-12-6-8-13(23-2)9-7-12/h3-9H,10-11H2,1-2H3,(H,20,22)/p+1. The molecule has 2 aromatic carbocycles. The van der Waals surface area contributed by atoms with E-state index in [1.54, 1.807) is 43.5 Å². The Morgan fingerprint density at radius 3 is 2.57 bits per heavy atom. The highest BCUT2D eigenvalue weighted by Crippen LogP contribution is 2.17. The van der Waals surface area contributed by atoms with Gasteiger partial charge < -0.3 is 15.0 Å². The van der Waals surface area contributed by atoms with Crippen LogP contribution in [-0.4, -0.2) is 26.6 Å². The predicted octanol–water partition coefficient (Wildman–Crippen LogP) is 2.14. The third-order valence-electron chi connectivity index (χ3n) is 3.38. The number of amides is 1. The molecule has 122 valence electrons. The van der Waals surface area contributed by atoms with Crippen molar-refractivity contribution < 1.29 is 18.8 Å². The number of likely N-dealkylation sites (N-methyl/N-ethyl adjacent to an activating group) is 1. The van der Waals surface area contributed by atoms with E-state index in [0.29, 0.717) is 22.8 Å². The molecule has 0 spiro atoms. The van der Waals surface area contributed by atoms with Crippen molar-refractivity contribution in [2.45, 2.75) is 6.54 Å². The van der Waals surface area contributed by atoms with E-state index in [-0.39, 0.29) is 18.3 Å². The highest BCUT2D eigenvalue weighted by molar-refractivity contribution is 6.31. The number of hydrogen-bond donors (Lipinski definition) is 2. The molecule has 0 bridgehead atoms. The van der Waals surface area contributed by atoms with Crippen LogP contribution in [0.3, 0.4) is 0 Å². The van der Waals surface area contributed by atoms with Crippen LogP contribution in [0.4, 0.5) is 10.1 Å². The number of rotatable bonds is 6. The Morgan fingerprint density at radius 2 is 1.96 bits per heavy atom. The molecule has 0 aromatic heterocycles. The van der Waals surface area contributed by atoms with E-state index in [0.717, 1.165) is 10.6 Å². The Labute approximate surface area is 139 Å². The molecule has 0 saturated carbocycles. The van der Waals surface area contributed by atoms with Gasteiger partial charge in [0, 0.05) is 5.69 Å². The third kappa shape index (κ3) is 4.94. The maximum atomic E-state index is 13.8. The van der Waals surface area contributed by atoms with Crippen LogP contribution in [0.2, 0.25) is 5.02 Å². The summed E-state index contributed by atoms with van der Waals surface area (Å²) < 4.78 is 18.8. The van der Waals surface area contributed by atoms with Crippen LogP contribution in [-0.2, 0) is 11.3 Å². The van der Waals surface area contributed by atoms with Crippen molar-refractivity contribution in [3.05, 3.63) is 58.9 Å². The first-order valence-electron chi connectivity index (χ1n) is 7.17. The zero-order chi connectivity index (χ0) is 16.8. The average molecular weight is 338 g/mol. The van der Waals surface area contributed by atoms with Crippen LogP contribution in [0.1, 0.15) is 5.56 Å². The van der Waals surface area contributed by atoms with Gasteiger partial charge in [-0.25, -0.2) is 4.39 Å². The van der Waals surface area contributed by atoms with Crippen LogP contribution in [0.15, 0.2) is 42.5 Å². The Morgan fingerprint density at radius 1 is 1.26 bits per heavy atom. The second kappa shape index (κ2) is 7.94. The molecule has 6 heteroatoms. The minimum absolute atomic E-state index is 0.153. The summed E-state index contributed by atoms with van der Waals surface area (Å²) in [6.45, 7) is 0.540. The van der Waals surface area contributed by atoms with Gasteiger partial charge in [-0.1, -0.05) is 17.7 Å². The van der Waals surface area contributed by atoms with Gasteiger partial charge in [0.05, 0.1) is 24.7 Å². The normalized spacial score (nSPS) is 11.8. The fraction of sp³-hybridized carbons (Fsp3) is 0.235. The van der Waals surface area contributed by atoms with E-state index in [9.17, 15) is 9.18 Å². The van der Waals surface area contributed by atoms with Crippen LogP contribution < -0.4 is 15.0 Å². The molecule has 0 fully saturated rings. The van der Waals surface area contributed by atoms with Gasteiger partial charge in [-0.05, 0) is 36.4 Å². The number of ether oxygens (including phenoxy) is 1. The highest BCUT2D eigenvalue weighted by Gasteiger charge is 2.15. The molecular weight excluding hydrogens is 319 g/mol. The van der Waals surface area contributed by atoms with Crippen molar-refractivity contribution in [1.82, 2.24) is 0 Å². The first-order valence-corrected chi connectivity index (χ1v) is 7.55. The van der Waals surface area contributed by atoms with E-state index >= 15 is 0 Å². The Kier molecular flexibility index (Phi) is 5.96. The third-order valence-corrected chi connectivity index (χ3v) is 3.73. The van der Waals surface area contributed by atoms with Crippen molar-refractivity contribution in [3.63, 3.8) is 0 Å². The molecule has 2 aromatic rings. The molecule has 0 saturated heterocycles. The number of nitrogens with one attached hydrogen (secondary N) is 2. The topological polar surface area (TPSA) is 42.8 Å². The predicted molar refractivity (Wildman–Crippen MR) is 88.5 cm³/mol. The van der Waals surface area contributed by atoms with Crippen LogP contribution in [0, 0.1) is 5.82 Å². The van der Waals surface area contributed by atoms with Gasteiger partial charge in [0.2, 0.25) is 0 Å². The fourth-order valence-electron chi connectivity index (χ4n) is 2.22. The van der Waals surface area contributed by atoms with Crippen LogP contribution in [0.25, 0.3) is 0 Å². The van der Waals surface area contributed by atoms with Gasteiger partial charge in [-0.3, -0.25) is 4.79 Å². The zero-order valence-electron chi connectivity index (χ0n) is 13.0. The molecule has 1 unspecified atom stereocenters. The number of anilines is 1. The molecule has 2 N–H and O–H groups in total. The monoisotopic (exact) mass is 337 g/mol. The lowest BCUT2D eigenvalue weighted by Crippen LogP contribution is -3.08. The number of carbonyl (C=O) groups excluding carboxylic acids is 1. The summed E-state index contributed by atoms with van der Waals surface area (Å²) in [5, 5.41) is 3.17. The summed E-state index contributed by atoms with van der Waals surface area (Å²) >= 11 is 6.00. The second-order valence-electron chi connectivity index (χ2n) is 5.29. The quantitative estimate of drug-likeness (QED) is 0.848. The highest BCUT2D eigenvalue weighted by atomic mass is 35.5. The Balaban J connectivity index is 1.91. The van der Waals surface area contributed by atoms with Crippen molar-refractivity contribution in [2.24, 2.45) is 0 Å². The molecule has 0 aliphatic carbocycles. The lowest BCUT2D eigenvalue weighted by atomic mass is 10.2. The van der Waals surface area contributed by atoms with E-state index in [4.69, 9.17) is 16.3 Å². The summed E-state index contributed by atoms with van der Waals surface area (Å²) in [6, 6.07) is 11.6. The SMILES string of the molecule is COc1ccc(NC(=O)C[NH+](C)Cc2c(F)cccc2Cl)cc1. The minimum atomic E-state index is -0.354. The molecule has 0 heterocycles. The maximum Gasteiger partial charge on any atom is 0.279 e. The van der Waals surface area contributed by atoms with Crippen LogP contribution in [0.5, 0.6) is 5.75 Å². The minimum Gasteiger partial charge on any atom is -0.497 e. The molecular formula is C17H19ClFN2O2+. The van der Waals surface area contributed by atoms with Crippen molar-refractivity contribution in [1.29, 1.82) is 0 Å². The fourth-order valence-corrected chi connectivity index (χ4v) is 2.45. The summed E-state index contributed by atoms with van der Waals surface area (Å²) in [5.74, 6) is 0.215. The van der Waals surface area contributed by atoms with Crippen LogP contribution >= 0.6 is 11.6 Å². The summed E-state index contributed by atoms with van der Waals surface area (Å²) in [6.07, 6.45) is 0. The first-order chi connectivity index (χ1) is 11.0. The molecule has 4 nitrogen and oxygen atoms in total. The summed E-state index contributed by atoms with van der Waals surface area (Å²) in [7, 11) is 3.40. The molecule has 0 aliphatic rings. The zero-order valence-corrected chi connectivity index (χ0v) is 13.8. The van der Waals surface area contributed by atoms with Gasteiger partial charge in [0.25, 0.3) is 5.91 Å². The lowest BCUT2D eigenvalue weighted by Gasteiger charge is -2.15. The van der Waals surface area contributed by atoms with Gasteiger partial charge in [-0.2, -0.15) is 0 Å². The van der Waals surface area contributed by atoms with E-state index in [2.05, 4.69) is 5.32 Å². The van der Waals surface area contributed by atoms with Gasteiger partial charge in [-0.15, -0.1) is 0 Å². The Hall–Kier alpha value is -2.11. The number of hydrogen-bond acceptors (Lipinski definition) is 2. The summed E-state index contributed by atoms with van der Waals surface area (Å²) in [4.78, 5) is 12.9. The number of quaternary nitrogens is 1. The van der Waals surface area contributed by atoms with Crippen molar-refractivity contribution in [3.8, 4) is 5.75 Å². The number of carbonyl (C=O) groups is 1. The van der Waals surface area contributed by atoms with E-state index in [1.807, 2.05) is 7.05 Å². The second-order valence-corrected chi connectivity index (χ2v) is 5.69. The molecule has 1 atom stereocenters. The molecule has 1 amide bonds. The average Bonchev–Trinajstić information content (AvgIpc) is 2.51. The molecule has 0 radical (unpaired) electrons. The largest absolute Gasteiger partial charge is 0.497 e. The number of methoxy groups -OCH3 is 1. The van der Waals surface area contributed by atoms with Crippen molar-refractivity contribution >= 4 is 23.2 Å². The first kappa shape index (κ1) is 17.2. The molecule has 2 rings (SSSR count). The maximum absolute atomic E-state index is 13.8. The molecule has 23 heavy (non-hydrogen) atoms. The van der Waals surface area contributed by atoms with E-state index < -0.39 is 0 Å². The van der Waals surface area contributed by atoms with E-state index in [1.165, 1.54) is 6.07 Å². The Bertz CT molecular complexity index is 657. The van der Waals surface area contributed by atoms with Gasteiger partial charge in [0.1, 0.15) is 18.1 Å². The smallest absolute Gasteiger partial charge is 0.279 e.